The summed E-state index contributed by atoms with van der Waals surface area (Å²) in [5, 5.41) is 18.4. The Labute approximate surface area is 182 Å². The number of benzene rings is 1. The quantitative estimate of drug-likeness (QED) is 0.261. The minimum absolute atomic E-state index is 0.112. The van der Waals surface area contributed by atoms with Crippen LogP contribution in [0.5, 0.6) is 0 Å². The zero-order valence-electron chi connectivity index (χ0n) is 17.6. The normalized spacial score (nSPS) is 20.3. The number of rotatable bonds is 9. The van der Waals surface area contributed by atoms with Gasteiger partial charge in [0.15, 0.2) is 0 Å². The van der Waals surface area contributed by atoms with Crippen LogP contribution in [0.2, 0.25) is 0 Å². The van der Waals surface area contributed by atoms with Crippen LogP contribution in [-0.2, 0) is 20.9 Å². The summed E-state index contributed by atoms with van der Waals surface area (Å²) in [6.45, 7) is 0.616. The van der Waals surface area contributed by atoms with Crippen LogP contribution >= 0.6 is 0 Å². The third-order valence-electron chi connectivity index (χ3n) is 6.14. The third-order valence-corrected chi connectivity index (χ3v) is 6.14. The van der Waals surface area contributed by atoms with Crippen LogP contribution < -0.4 is 16.5 Å². The number of carboxylic acid groups (broad SMARTS) is 1. The van der Waals surface area contributed by atoms with Crippen molar-refractivity contribution in [2.75, 3.05) is 13.1 Å². The first-order chi connectivity index (χ1) is 15.0. The minimum atomic E-state index is -0.990. The molecule has 9 heteroatoms. The lowest BCUT2D eigenvalue weighted by Gasteiger charge is -2.43. The van der Waals surface area contributed by atoms with Gasteiger partial charge < -0.3 is 21.2 Å². The van der Waals surface area contributed by atoms with E-state index >= 15 is 0 Å². The van der Waals surface area contributed by atoms with Crippen molar-refractivity contribution >= 4 is 24.0 Å². The molecule has 5 N–H and O–H groups in total. The van der Waals surface area contributed by atoms with E-state index in [1.54, 1.807) is 11.1 Å². The standard InChI is InChI=1S/C22H31N5O4/c23-26-13-16-8-6-15(7-9-16)12-25-21(30)18-10-11-27(18)22(31)20(24-14-19(28)29)17-4-2-1-3-5-17/h6-9,13,17-18,20,24H,1-5,10-12,14,23H2,(H,25,30)(H,28,29)/t18-,20+/m0/s1. The van der Waals surface area contributed by atoms with E-state index in [4.69, 9.17) is 10.9 Å². The third kappa shape index (κ3) is 6.04. The second-order valence-corrected chi connectivity index (χ2v) is 8.22. The molecule has 0 bridgehead atoms. The summed E-state index contributed by atoms with van der Waals surface area (Å²) in [6.07, 6.45) is 7.19. The smallest absolute Gasteiger partial charge is 0.317 e. The molecule has 3 rings (SSSR count). The van der Waals surface area contributed by atoms with Crippen LogP contribution in [0, 0.1) is 5.92 Å². The van der Waals surface area contributed by atoms with Crippen molar-refractivity contribution in [3.8, 4) is 0 Å². The molecule has 1 aromatic carbocycles. The number of likely N-dealkylation sites (tertiary alicyclic amines) is 1. The van der Waals surface area contributed by atoms with E-state index in [-0.39, 0.29) is 24.3 Å². The molecule has 0 aromatic heterocycles. The summed E-state index contributed by atoms with van der Waals surface area (Å²) in [5.41, 5.74) is 1.80. The van der Waals surface area contributed by atoms with Crippen molar-refractivity contribution in [3.05, 3.63) is 35.4 Å². The fourth-order valence-corrected chi connectivity index (χ4v) is 4.34. The minimum Gasteiger partial charge on any atom is -0.480 e. The Kier molecular flexibility index (Phi) is 8.00. The van der Waals surface area contributed by atoms with Gasteiger partial charge in [0.05, 0.1) is 18.8 Å². The molecule has 2 aliphatic rings. The molecule has 2 fully saturated rings. The van der Waals surface area contributed by atoms with E-state index < -0.39 is 18.1 Å². The van der Waals surface area contributed by atoms with Crippen molar-refractivity contribution in [1.29, 1.82) is 0 Å². The molecule has 0 radical (unpaired) electrons. The number of hydrazone groups is 1. The zero-order chi connectivity index (χ0) is 22.2. The predicted molar refractivity (Wildman–Crippen MR) is 116 cm³/mol. The number of amides is 2. The number of carboxylic acids is 1. The Morgan fingerprint density at radius 2 is 1.87 bits per heavy atom. The Morgan fingerprint density at radius 3 is 2.45 bits per heavy atom. The van der Waals surface area contributed by atoms with Gasteiger partial charge in [0.25, 0.3) is 0 Å². The molecule has 9 nitrogen and oxygen atoms in total. The van der Waals surface area contributed by atoms with Gasteiger partial charge in [-0.1, -0.05) is 43.5 Å². The number of nitrogens with one attached hydrogen (secondary N) is 2. The Morgan fingerprint density at radius 1 is 1.16 bits per heavy atom. The SMILES string of the molecule is NN=Cc1ccc(CNC(=O)[C@@H]2CCN2C(=O)[C@H](NCC(=O)O)C2CCCCC2)cc1. The summed E-state index contributed by atoms with van der Waals surface area (Å²) in [7, 11) is 0. The van der Waals surface area contributed by atoms with E-state index in [1.165, 1.54) is 0 Å². The predicted octanol–water partition coefficient (Wildman–Crippen LogP) is 0.819. The lowest BCUT2D eigenvalue weighted by Crippen LogP contribution is -2.63. The average molecular weight is 430 g/mol. The summed E-state index contributed by atoms with van der Waals surface area (Å²) >= 11 is 0. The van der Waals surface area contributed by atoms with E-state index in [0.29, 0.717) is 19.5 Å². The lowest BCUT2D eigenvalue weighted by atomic mass is 9.82. The van der Waals surface area contributed by atoms with Crippen LogP contribution in [0.3, 0.4) is 0 Å². The molecule has 1 aliphatic heterocycles. The molecule has 2 atom stereocenters. The van der Waals surface area contributed by atoms with Gasteiger partial charge in [-0.2, -0.15) is 5.10 Å². The number of aliphatic carboxylic acids is 1. The number of carbonyl (C=O) groups is 3. The first kappa shape index (κ1) is 22.7. The van der Waals surface area contributed by atoms with Crippen LogP contribution in [0.4, 0.5) is 0 Å². The molecule has 1 heterocycles. The molecule has 0 spiro atoms. The maximum Gasteiger partial charge on any atom is 0.317 e. The molecule has 31 heavy (non-hydrogen) atoms. The first-order valence-electron chi connectivity index (χ1n) is 10.8. The van der Waals surface area contributed by atoms with Gasteiger partial charge >= 0.3 is 5.97 Å². The fourth-order valence-electron chi connectivity index (χ4n) is 4.34. The van der Waals surface area contributed by atoms with Gasteiger partial charge in [0.2, 0.25) is 11.8 Å². The van der Waals surface area contributed by atoms with Gasteiger partial charge in [-0.25, -0.2) is 0 Å². The van der Waals surface area contributed by atoms with E-state index in [0.717, 1.165) is 43.2 Å². The summed E-state index contributed by atoms with van der Waals surface area (Å²) in [6, 6.07) is 6.43. The van der Waals surface area contributed by atoms with Crippen molar-refractivity contribution < 1.29 is 19.5 Å². The number of nitrogens with two attached hydrogens (primary N) is 1. The number of nitrogens with zero attached hydrogens (tertiary/aromatic N) is 2. The van der Waals surface area contributed by atoms with Crippen LogP contribution in [0.15, 0.2) is 29.4 Å². The van der Waals surface area contributed by atoms with Crippen LogP contribution in [-0.4, -0.2) is 59.2 Å². The van der Waals surface area contributed by atoms with E-state index in [9.17, 15) is 14.4 Å². The molecule has 2 amide bonds. The zero-order valence-corrected chi connectivity index (χ0v) is 17.6. The highest BCUT2D eigenvalue weighted by molar-refractivity contribution is 5.91. The molecular formula is C22H31N5O4. The van der Waals surface area contributed by atoms with E-state index in [2.05, 4.69) is 15.7 Å². The van der Waals surface area contributed by atoms with Crippen molar-refractivity contribution in [2.24, 2.45) is 16.9 Å². The fraction of sp³-hybridized carbons (Fsp3) is 0.545. The number of hydrogen-bond donors (Lipinski definition) is 4. The molecule has 168 valence electrons. The van der Waals surface area contributed by atoms with Crippen molar-refractivity contribution in [3.63, 3.8) is 0 Å². The Hall–Kier alpha value is -2.94. The summed E-state index contributed by atoms with van der Waals surface area (Å²) < 4.78 is 0. The maximum atomic E-state index is 13.2. The number of carbonyl (C=O) groups excluding carboxylic acids is 2. The summed E-state index contributed by atoms with van der Waals surface area (Å²) in [4.78, 5) is 38.5. The molecule has 0 unspecified atom stereocenters. The van der Waals surface area contributed by atoms with E-state index in [1.807, 2.05) is 24.3 Å². The number of hydrogen-bond acceptors (Lipinski definition) is 6. The van der Waals surface area contributed by atoms with Gasteiger partial charge in [0, 0.05) is 13.1 Å². The van der Waals surface area contributed by atoms with Gasteiger partial charge in [-0.3, -0.25) is 19.7 Å². The second-order valence-electron chi connectivity index (χ2n) is 8.22. The molecule has 1 saturated heterocycles. The molecular weight excluding hydrogens is 398 g/mol. The molecule has 1 aromatic rings. The topological polar surface area (TPSA) is 137 Å². The second kappa shape index (κ2) is 10.9. The largest absolute Gasteiger partial charge is 0.480 e. The highest BCUT2D eigenvalue weighted by Crippen LogP contribution is 2.29. The molecule has 1 saturated carbocycles. The van der Waals surface area contributed by atoms with Gasteiger partial charge in [-0.15, -0.1) is 0 Å². The maximum absolute atomic E-state index is 13.2. The highest BCUT2D eigenvalue weighted by atomic mass is 16.4. The van der Waals surface area contributed by atoms with Crippen LogP contribution in [0.25, 0.3) is 0 Å². The van der Waals surface area contributed by atoms with Gasteiger partial charge in [0.1, 0.15) is 6.04 Å². The van der Waals surface area contributed by atoms with Crippen LogP contribution in [0.1, 0.15) is 49.7 Å². The van der Waals surface area contributed by atoms with Crippen molar-refractivity contribution in [1.82, 2.24) is 15.5 Å². The average Bonchev–Trinajstić information content (AvgIpc) is 2.73. The van der Waals surface area contributed by atoms with Crippen molar-refractivity contribution in [2.45, 2.75) is 57.2 Å². The summed E-state index contributed by atoms with van der Waals surface area (Å²) in [5.74, 6) is 3.91. The lowest BCUT2D eigenvalue weighted by molar-refractivity contribution is -0.150. The van der Waals surface area contributed by atoms with Gasteiger partial charge in [-0.05, 0) is 36.3 Å². The Bertz CT molecular complexity index is 805. The highest BCUT2D eigenvalue weighted by Gasteiger charge is 2.42. The monoisotopic (exact) mass is 429 g/mol. The Balaban J connectivity index is 1.57. The molecule has 1 aliphatic carbocycles. The first-order valence-corrected chi connectivity index (χ1v) is 10.8.